The number of fused-ring (bicyclic) bond motifs is 2. The van der Waals surface area contributed by atoms with Crippen LogP contribution in [-0.4, -0.2) is 57.8 Å². The molecule has 4 heterocycles. The van der Waals surface area contributed by atoms with Gasteiger partial charge in [-0.25, -0.2) is 0 Å². The number of nitrogens with one attached hydrogen (secondary N) is 2. The van der Waals surface area contributed by atoms with Gasteiger partial charge in [0.1, 0.15) is 0 Å². The summed E-state index contributed by atoms with van der Waals surface area (Å²) in [6.45, 7) is 2.98. The van der Waals surface area contributed by atoms with Gasteiger partial charge in [0.05, 0.1) is 0 Å². The molecule has 2 amide bonds. The molecule has 2 aromatic heterocycles. The van der Waals surface area contributed by atoms with Crippen LogP contribution in [0.25, 0.3) is 21.8 Å². The Labute approximate surface area is 234 Å². The molecule has 202 valence electrons. The number of hydrogen-bond donors (Lipinski definition) is 2. The number of aromatic nitrogens is 2. The maximum Gasteiger partial charge on any atom is 0.253 e. The molecule has 0 aliphatic carbocycles. The molecule has 0 spiro atoms. The van der Waals surface area contributed by atoms with E-state index < -0.39 is 0 Å². The number of aromatic amines is 2. The third-order valence-electron chi connectivity index (χ3n) is 9.07. The molecule has 0 atom stereocenters. The highest BCUT2D eigenvalue weighted by Gasteiger charge is 2.28. The molecule has 2 saturated heterocycles. The summed E-state index contributed by atoms with van der Waals surface area (Å²) in [4.78, 5) is 37.2. The number of nitrogens with zero attached hydrogens (tertiary/aromatic N) is 2. The first-order valence-electron chi connectivity index (χ1n) is 14.5. The number of H-pyrrole nitrogens is 2. The lowest BCUT2D eigenvalue weighted by Crippen LogP contribution is -2.38. The minimum Gasteiger partial charge on any atom is -0.361 e. The molecule has 2 N–H and O–H groups in total. The molecule has 6 heteroatoms. The van der Waals surface area contributed by atoms with Crippen molar-refractivity contribution in [2.45, 2.75) is 37.5 Å². The second-order valence-electron chi connectivity index (χ2n) is 11.3. The SMILES string of the molecule is O=C(c1ccc(C(=O)N2CCC(c3c[nH]c4ccccc34)CC2)cc1)N1CCC(c2c[nH]c3ccccc23)CC1. The molecule has 6 nitrogen and oxygen atoms in total. The Bertz CT molecular complexity index is 1540. The molecule has 2 fully saturated rings. The number of carbonyl (C=O) groups excluding carboxylic acids is 2. The van der Waals surface area contributed by atoms with Crippen molar-refractivity contribution in [1.82, 2.24) is 19.8 Å². The summed E-state index contributed by atoms with van der Waals surface area (Å²) in [5, 5.41) is 2.57. The first kappa shape index (κ1) is 24.7. The molecule has 0 radical (unpaired) electrons. The van der Waals surface area contributed by atoms with E-state index in [-0.39, 0.29) is 11.8 Å². The monoisotopic (exact) mass is 530 g/mol. The molecular formula is C34H34N4O2. The van der Waals surface area contributed by atoms with Gasteiger partial charge in [0.25, 0.3) is 11.8 Å². The average molecular weight is 531 g/mol. The lowest BCUT2D eigenvalue weighted by atomic mass is 9.89. The molecule has 0 unspecified atom stereocenters. The van der Waals surface area contributed by atoms with Gasteiger partial charge >= 0.3 is 0 Å². The summed E-state index contributed by atoms with van der Waals surface area (Å²) in [5.41, 5.74) is 6.36. The lowest BCUT2D eigenvalue weighted by Gasteiger charge is -2.32. The molecule has 2 aliphatic rings. The van der Waals surface area contributed by atoms with E-state index >= 15 is 0 Å². The van der Waals surface area contributed by atoms with Crippen LogP contribution in [0.5, 0.6) is 0 Å². The fourth-order valence-corrected chi connectivity index (χ4v) is 6.77. The van der Waals surface area contributed by atoms with Crippen LogP contribution in [0, 0.1) is 0 Å². The van der Waals surface area contributed by atoms with E-state index in [2.05, 4.69) is 70.9 Å². The van der Waals surface area contributed by atoms with Crippen LogP contribution in [0.1, 0.15) is 69.4 Å². The molecule has 2 aliphatic heterocycles. The quantitative estimate of drug-likeness (QED) is 0.272. The van der Waals surface area contributed by atoms with Gasteiger partial charge in [-0.3, -0.25) is 9.59 Å². The van der Waals surface area contributed by atoms with Crippen molar-refractivity contribution in [2.75, 3.05) is 26.2 Å². The van der Waals surface area contributed by atoms with Gasteiger partial charge in [0.15, 0.2) is 0 Å². The van der Waals surface area contributed by atoms with Crippen LogP contribution < -0.4 is 0 Å². The molecule has 40 heavy (non-hydrogen) atoms. The van der Waals surface area contributed by atoms with E-state index in [1.807, 2.05) is 34.1 Å². The number of piperidine rings is 2. The molecule has 5 aromatic rings. The summed E-state index contributed by atoms with van der Waals surface area (Å²) < 4.78 is 0. The first-order valence-corrected chi connectivity index (χ1v) is 14.5. The highest BCUT2D eigenvalue weighted by molar-refractivity contribution is 5.98. The topological polar surface area (TPSA) is 72.2 Å². The summed E-state index contributed by atoms with van der Waals surface area (Å²) in [5.74, 6) is 1.02. The third kappa shape index (κ3) is 4.47. The van der Waals surface area contributed by atoms with Crippen molar-refractivity contribution in [2.24, 2.45) is 0 Å². The van der Waals surface area contributed by atoms with E-state index in [0.29, 0.717) is 23.0 Å². The van der Waals surface area contributed by atoms with E-state index in [1.165, 1.54) is 32.9 Å². The number of hydrogen-bond acceptors (Lipinski definition) is 2. The fraction of sp³-hybridized carbons (Fsp3) is 0.294. The van der Waals surface area contributed by atoms with Crippen molar-refractivity contribution >= 4 is 33.6 Å². The van der Waals surface area contributed by atoms with E-state index in [0.717, 1.165) is 51.9 Å². The Hall–Kier alpha value is -4.32. The Balaban J connectivity index is 0.950. The smallest absolute Gasteiger partial charge is 0.253 e. The fourth-order valence-electron chi connectivity index (χ4n) is 6.77. The van der Waals surface area contributed by atoms with E-state index in [4.69, 9.17) is 0 Å². The van der Waals surface area contributed by atoms with E-state index in [9.17, 15) is 9.59 Å². The van der Waals surface area contributed by atoms with Crippen LogP contribution in [0.3, 0.4) is 0 Å². The normalized spacial score (nSPS) is 17.1. The van der Waals surface area contributed by atoms with Gasteiger partial charge in [0.2, 0.25) is 0 Å². The Morgan fingerprint density at radius 3 is 1.32 bits per heavy atom. The zero-order valence-electron chi connectivity index (χ0n) is 22.6. The van der Waals surface area contributed by atoms with Crippen molar-refractivity contribution in [3.63, 3.8) is 0 Å². The number of para-hydroxylation sites is 2. The number of rotatable bonds is 4. The Kier molecular flexibility index (Phi) is 6.39. The minimum atomic E-state index is 0.0518. The lowest BCUT2D eigenvalue weighted by molar-refractivity contribution is 0.0701. The van der Waals surface area contributed by atoms with Crippen molar-refractivity contribution in [1.29, 1.82) is 0 Å². The molecule has 0 saturated carbocycles. The van der Waals surface area contributed by atoms with Crippen molar-refractivity contribution < 1.29 is 9.59 Å². The largest absolute Gasteiger partial charge is 0.361 e. The Morgan fingerprint density at radius 1 is 0.550 bits per heavy atom. The predicted molar refractivity (Wildman–Crippen MR) is 159 cm³/mol. The van der Waals surface area contributed by atoms with Crippen LogP contribution in [0.4, 0.5) is 0 Å². The number of benzene rings is 3. The maximum atomic E-state index is 13.3. The number of carbonyl (C=O) groups is 2. The van der Waals surface area contributed by atoms with Crippen LogP contribution >= 0.6 is 0 Å². The molecule has 7 rings (SSSR count). The van der Waals surface area contributed by atoms with Crippen molar-refractivity contribution in [3.8, 4) is 0 Å². The summed E-state index contributed by atoms with van der Waals surface area (Å²) in [6, 6.07) is 24.1. The number of likely N-dealkylation sites (tertiary alicyclic amines) is 2. The van der Waals surface area contributed by atoms with Gasteiger partial charge in [-0.15, -0.1) is 0 Å². The minimum absolute atomic E-state index is 0.0518. The molecular weight excluding hydrogens is 496 g/mol. The summed E-state index contributed by atoms with van der Waals surface area (Å²) in [6.07, 6.45) is 8.09. The van der Waals surface area contributed by atoms with E-state index in [1.54, 1.807) is 0 Å². The molecule has 3 aromatic carbocycles. The van der Waals surface area contributed by atoms with Crippen LogP contribution in [0.2, 0.25) is 0 Å². The van der Waals surface area contributed by atoms with Crippen LogP contribution in [0.15, 0.2) is 85.2 Å². The van der Waals surface area contributed by atoms with Gasteiger partial charge in [-0.1, -0.05) is 36.4 Å². The average Bonchev–Trinajstić information content (AvgIpc) is 3.66. The first-order chi connectivity index (χ1) is 19.7. The van der Waals surface area contributed by atoms with Gasteiger partial charge in [-0.05, 0) is 85.0 Å². The number of amides is 2. The second-order valence-corrected chi connectivity index (χ2v) is 11.3. The van der Waals surface area contributed by atoms with Gasteiger partial charge in [0, 0.05) is 71.5 Å². The zero-order valence-corrected chi connectivity index (χ0v) is 22.6. The summed E-state index contributed by atoms with van der Waals surface area (Å²) in [7, 11) is 0. The van der Waals surface area contributed by atoms with Crippen LogP contribution in [-0.2, 0) is 0 Å². The molecule has 0 bridgehead atoms. The van der Waals surface area contributed by atoms with Crippen molar-refractivity contribution in [3.05, 3.63) is 107 Å². The van der Waals surface area contributed by atoms with Gasteiger partial charge < -0.3 is 19.8 Å². The second kappa shape index (κ2) is 10.3. The zero-order chi connectivity index (χ0) is 27.1. The highest BCUT2D eigenvalue weighted by Crippen LogP contribution is 2.35. The Morgan fingerprint density at radius 2 is 0.925 bits per heavy atom. The predicted octanol–water partition coefficient (Wildman–Crippen LogP) is 6.69. The maximum absolute atomic E-state index is 13.3. The third-order valence-corrected chi connectivity index (χ3v) is 9.07. The standard InChI is InChI=1S/C34H34N4O2/c39-33(37-17-13-23(14-18-37)29-21-35-31-7-3-1-5-27(29)31)25-9-11-26(12-10-25)34(40)38-19-15-24(16-20-38)30-22-36-32-8-4-2-6-28(30)32/h1-12,21-24,35-36H,13-20H2. The summed E-state index contributed by atoms with van der Waals surface area (Å²) >= 11 is 0. The van der Waals surface area contributed by atoms with Gasteiger partial charge in [-0.2, -0.15) is 0 Å². The highest BCUT2D eigenvalue weighted by atomic mass is 16.2.